The van der Waals surface area contributed by atoms with E-state index in [4.69, 9.17) is 0 Å². The highest BCUT2D eigenvalue weighted by Crippen LogP contribution is 2.24. The van der Waals surface area contributed by atoms with E-state index in [1.165, 1.54) is 16.7 Å². The first-order chi connectivity index (χ1) is 7.99. The van der Waals surface area contributed by atoms with E-state index < -0.39 is 0 Å². The Hall–Kier alpha value is -1.56. The van der Waals surface area contributed by atoms with Gasteiger partial charge >= 0.3 is 0 Å². The smallest absolute Gasteiger partial charge is 0.0132 e. The molecule has 0 atom stereocenters. The second kappa shape index (κ2) is 5.67. The zero-order chi connectivity index (χ0) is 12.9. The van der Waals surface area contributed by atoms with Crippen molar-refractivity contribution in [2.24, 2.45) is 0 Å². The fourth-order valence-corrected chi connectivity index (χ4v) is 1.69. The third-order valence-electron chi connectivity index (χ3n) is 2.81. The van der Waals surface area contributed by atoms with E-state index in [1.807, 2.05) is 6.08 Å². The van der Waals surface area contributed by atoms with Gasteiger partial charge in [-0.25, -0.2) is 0 Å². The Morgan fingerprint density at radius 1 is 1.12 bits per heavy atom. The maximum absolute atomic E-state index is 3.69. The molecule has 0 N–H and O–H groups in total. The number of benzene rings is 1. The first-order valence-corrected chi connectivity index (χ1v) is 6.05. The highest BCUT2D eigenvalue weighted by atomic mass is 14.2. The molecule has 0 saturated heterocycles. The van der Waals surface area contributed by atoms with Crippen LogP contribution in [-0.4, -0.2) is 0 Å². The molecule has 1 aromatic rings. The van der Waals surface area contributed by atoms with E-state index in [2.05, 4.69) is 70.7 Å². The van der Waals surface area contributed by atoms with Crippen LogP contribution < -0.4 is 0 Å². The maximum atomic E-state index is 3.69. The molecule has 90 valence electrons. The van der Waals surface area contributed by atoms with Crippen LogP contribution in [0, 0.1) is 0 Å². The van der Waals surface area contributed by atoms with Gasteiger partial charge in [0.25, 0.3) is 0 Å². The Bertz CT molecular complexity index is 422. The van der Waals surface area contributed by atoms with Crippen LogP contribution in [0.15, 0.2) is 55.1 Å². The predicted molar refractivity (Wildman–Crippen MR) is 78.1 cm³/mol. The van der Waals surface area contributed by atoms with Gasteiger partial charge in [0.2, 0.25) is 0 Å². The molecule has 1 rings (SSSR count). The van der Waals surface area contributed by atoms with E-state index >= 15 is 0 Å². The molecular weight excluding hydrogens is 204 g/mol. The molecule has 0 amide bonds. The first kappa shape index (κ1) is 13.5. The minimum atomic E-state index is 0.214. The van der Waals surface area contributed by atoms with Crippen molar-refractivity contribution in [3.8, 4) is 0 Å². The van der Waals surface area contributed by atoms with Crippen LogP contribution in [0.3, 0.4) is 0 Å². The molecular formula is C17H22. The molecule has 0 spiro atoms. The van der Waals surface area contributed by atoms with Gasteiger partial charge in [-0.05, 0) is 29.0 Å². The quantitative estimate of drug-likeness (QED) is 0.627. The molecule has 0 aromatic heterocycles. The third kappa shape index (κ3) is 3.74. The van der Waals surface area contributed by atoms with Crippen molar-refractivity contribution >= 4 is 5.57 Å². The fourth-order valence-electron chi connectivity index (χ4n) is 1.69. The van der Waals surface area contributed by atoms with Crippen molar-refractivity contribution in [2.45, 2.75) is 33.1 Å². The summed E-state index contributed by atoms with van der Waals surface area (Å²) in [6.07, 6.45) is 7.96. The van der Waals surface area contributed by atoms with Gasteiger partial charge in [0, 0.05) is 0 Å². The van der Waals surface area contributed by atoms with E-state index in [0.29, 0.717) is 0 Å². The molecule has 0 saturated carbocycles. The van der Waals surface area contributed by atoms with Crippen molar-refractivity contribution in [1.82, 2.24) is 0 Å². The maximum Gasteiger partial charge on any atom is -0.0132 e. The van der Waals surface area contributed by atoms with Gasteiger partial charge in [-0.1, -0.05) is 75.9 Å². The van der Waals surface area contributed by atoms with Gasteiger partial charge in [-0.3, -0.25) is 0 Å². The second-order valence-electron chi connectivity index (χ2n) is 5.17. The summed E-state index contributed by atoms with van der Waals surface area (Å²) in [5.74, 6) is 0. The third-order valence-corrected chi connectivity index (χ3v) is 2.81. The normalized spacial score (nSPS) is 13.1. The van der Waals surface area contributed by atoms with Gasteiger partial charge in [0.05, 0.1) is 0 Å². The molecule has 0 fully saturated rings. The SMILES string of the molecule is C=C/C=C\C(=C/C)c1ccc(C(C)(C)C)cc1. The van der Waals surface area contributed by atoms with Gasteiger partial charge in [0.1, 0.15) is 0 Å². The Kier molecular flexibility index (Phi) is 4.51. The summed E-state index contributed by atoms with van der Waals surface area (Å²) in [6, 6.07) is 8.79. The molecule has 0 nitrogen and oxygen atoms in total. The van der Waals surface area contributed by atoms with Crippen LogP contribution in [0.25, 0.3) is 5.57 Å². The van der Waals surface area contributed by atoms with Crippen molar-refractivity contribution < 1.29 is 0 Å². The molecule has 0 aliphatic carbocycles. The molecule has 0 unspecified atom stereocenters. The van der Waals surface area contributed by atoms with Crippen LogP contribution in [-0.2, 0) is 5.41 Å². The summed E-state index contributed by atoms with van der Waals surface area (Å²) in [5, 5.41) is 0. The van der Waals surface area contributed by atoms with Gasteiger partial charge in [-0.15, -0.1) is 0 Å². The Balaban J connectivity index is 3.02. The van der Waals surface area contributed by atoms with Crippen LogP contribution in [0.4, 0.5) is 0 Å². The van der Waals surface area contributed by atoms with Crippen molar-refractivity contribution in [3.05, 3.63) is 66.3 Å². The molecule has 0 heterocycles. The van der Waals surface area contributed by atoms with Gasteiger partial charge < -0.3 is 0 Å². The summed E-state index contributed by atoms with van der Waals surface area (Å²) in [6.45, 7) is 12.4. The van der Waals surface area contributed by atoms with Crippen molar-refractivity contribution in [3.63, 3.8) is 0 Å². The average molecular weight is 226 g/mol. The summed E-state index contributed by atoms with van der Waals surface area (Å²) in [5.41, 5.74) is 4.05. The monoisotopic (exact) mass is 226 g/mol. The van der Waals surface area contributed by atoms with Crippen LogP contribution in [0.5, 0.6) is 0 Å². The number of hydrogen-bond acceptors (Lipinski definition) is 0. The number of hydrogen-bond donors (Lipinski definition) is 0. The Labute approximate surface area is 105 Å². The lowest BCUT2D eigenvalue weighted by molar-refractivity contribution is 0.590. The molecule has 0 heteroatoms. The molecule has 1 aromatic carbocycles. The van der Waals surface area contributed by atoms with Crippen LogP contribution in [0.2, 0.25) is 0 Å². The lowest BCUT2D eigenvalue weighted by atomic mass is 9.86. The van der Waals surface area contributed by atoms with Gasteiger partial charge in [-0.2, -0.15) is 0 Å². The minimum Gasteiger partial charge on any atom is -0.0991 e. The van der Waals surface area contributed by atoms with Crippen LogP contribution in [0.1, 0.15) is 38.8 Å². The topological polar surface area (TPSA) is 0 Å². The van der Waals surface area contributed by atoms with Crippen molar-refractivity contribution in [1.29, 1.82) is 0 Å². The second-order valence-corrected chi connectivity index (χ2v) is 5.17. The average Bonchev–Trinajstić information content (AvgIpc) is 2.29. The molecule has 0 bridgehead atoms. The Morgan fingerprint density at radius 3 is 2.12 bits per heavy atom. The minimum absolute atomic E-state index is 0.214. The van der Waals surface area contributed by atoms with Crippen LogP contribution >= 0.6 is 0 Å². The summed E-state index contributed by atoms with van der Waals surface area (Å²) >= 11 is 0. The van der Waals surface area contributed by atoms with E-state index in [9.17, 15) is 0 Å². The summed E-state index contributed by atoms with van der Waals surface area (Å²) in [7, 11) is 0. The van der Waals surface area contributed by atoms with E-state index in [1.54, 1.807) is 6.08 Å². The molecule has 0 aliphatic heterocycles. The van der Waals surface area contributed by atoms with E-state index in [0.717, 1.165) is 0 Å². The summed E-state index contributed by atoms with van der Waals surface area (Å²) in [4.78, 5) is 0. The zero-order valence-electron chi connectivity index (χ0n) is 11.3. The molecule has 17 heavy (non-hydrogen) atoms. The zero-order valence-corrected chi connectivity index (χ0v) is 11.3. The fraction of sp³-hybridized carbons (Fsp3) is 0.294. The predicted octanol–water partition coefficient (Wildman–Crippen LogP) is 5.13. The van der Waals surface area contributed by atoms with Crippen molar-refractivity contribution in [2.75, 3.05) is 0 Å². The van der Waals surface area contributed by atoms with Gasteiger partial charge in [0.15, 0.2) is 0 Å². The summed E-state index contributed by atoms with van der Waals surface area (Å²) < 4.78 is 0. The highest BCUT2D eigenvalue weighted by Gasteiger charge is 2.12. The standard InChI is InChI=1S/C17H22/c1-6-8-9-14(7-2)15-10-12-16(13-11-15)17(3,4)5/h6-13H,1H2,2-5H3/b9-8-,14-7+. The lowest BCUT2D eigenvalue weighted by Crippen LogP contribution is -2.10. The first-order valence-electron chi connectivity index (χ1n) is 6.05. The molecule has 0 aliphatic rings. The Morgan fingerprint density at radius 2 is 1.71 bits per heavy atom. The number of allylic oxidation sites excluding steroid dienone is 5. The molecule has 0 radical (unpaired) electrons. The lowest BCUT2D eigenvalue weighted by Gasteiger charge is -2.19. The van der Waals surface area contributed by atoms with E-state index in [-0.39, 0.29) is 5.41 Å². The largest absolute Gasteiger partial charge is 0.0991 e. The number of rotatable bonds is 3. The highest BCUT2D eigenvalue weighted by molar-refractivity contribution is 5.74.